The summed E-state index contributed by atoms with van der Waals surface area (Å²) < 4.78 is 14.8. The molecule has 0 saturated heterocycles. The van der Waals surface area contributed by atoms with Gasteiger partial charge in [0.1, 0.15) is 12.0 Å². The van der Waals surface area contributed by atoms with Crippen LogP contribution in [0.2, 0.25) is 0 Å². The van der Waals surface area contributed by atoms with E-state index in [1.807, 2.05) is 48.8 Å². The fourth-order valence-corrected chi connectivity index (χ4v) is 3.80. The fraction of sp³-hybridized carbons (Fsp3) is 0.429. The topological polar surface area (TPSA) is 25.8 Å². The number of rotatable bonds is 12. The summed E-state index contributed by atoms with van der Waals surface area (Å²) in [5.74, 6) is 0.908. The van der Waals surface area contributed by atoms with Crippen molar-refractivity contribution in [3.8, 4) is 11.1 Å². The highest BCUT2D eigenvalue weighted by Crippen LogP contribution is 2.25. The first-order valence-corrected chi connectivity index (χ1v) is 11.8. The van der Waals surface area contributed by atoms with Gasteiger partial charge in [-0.25, -0.2) is 14.4 Å². The van der Waals surface area contributed by atoms with Crippen molar-refractivity contribution in [3.63, 3.8) is 0 Å². The fourth-order valence-electron chi connectivity index (χ4n) is 3.80. The molecule has 0 saturated carbocycles. The average Bonchev–Trinajstić information content (AvgIpc) is 2.81. The minimum atomic E-state index is -0.985. The molecular weight excluding hydrogens is 383 g/mol. The van der Waals surface area contributed by atoms with Crippen molar-refractivity contribution in [2.45, 2.75) is 77.8 Å². The predicted octanol–water partition coefficient (Wildman–Crippen LogP) is 7.86. The second-order valence-electron chi connectivity index (χ2n) is 8.41. The molecule has 0 bridgehead atoms. The van der Waals surface area contributed by atoms with Gasteiger partial charge >= 0.3 is 0 Å². The Balaban J connectivity index is 1.55. The van der Waals surface area contributed by atoms with E-state index in [-0.39, 0.29) is 0 Å². The molecule has 0 aliphatic rings. The molecule has 0 aliphatic heterocycles. The van der Waals surface area contributed by atoms with Crippen LogP contribution in [0.1, 0.15) is 81.1 Å². The van der Waals surface area contributed by atoms with Gasteiger partial charge in [-0.1, -0.05) is 88.1 Å². The van der Waals surface area contributed by atoms with Crippen molar-refractivity contribution >= 4 is 0 Å². The highest BCUT2D eigenvalue weighted by atomic mass is 19.1. The number of benzene rings is 2. The Labute approximate surface area is 187 Å². The van der Waals surface area contributed by atoms with Crippen molar-refractivity contribution < 1.29 is 4.39 Å². The van der Waals surface area contributed by atoms with Crippen molar-refractivity contribution in [1.29, 1.82) is 0 Å². The van der Waals surface area contributed by atoms with Crippen LogP contribution in [0, 0.1) is 0 Å². The molecule has 3 rings (SSSR count). The zero-order valence-electron chi connectivity index (χ0n) is 19.0. The third kappa shape index (κ3) is 7.27. The predicted molar refractivity (Wildman–Crippen MR) is 128 cm³/mol. The summed E-state index contributed by atoms with van der Waals surface area (Å²) in [5, 5.41) is 0. The van der Waals surface area contributed by atoms with Crippen LogP contribution in [0.25, 0.3) is 11.1 Å². The van der Waals surface area contributed by atoms with Crippen LogP contribution in [-0.2, 0) is 19.3 Å². The lowest BCUT2D eigenvalue weighted by Crippen LogP contribution is -1.98. The normalized spacial score (nSPS) is 12.1. The first-order valence-electron chi connectivity index (χ1n) is 11.8. The third-order valence-corrected chi connectivity index (χ3v) is 5.82. The Morgan fingerprint density at radius 3 is 1.87 bits per heavy atom. The van der Waals surface area contributed by atoms with Crippen LogP contribution in [-0.4, -0.2) is 9.97 Å². The Kier molecular flexibility index (Phi) is 9.20. The molecule has 0 aliphatic carbocycles. The molecule has 0 radical (unpaired) electrons. The summed E-state index contributed by atoms with van der Waals surface area (Å²) in [4.78, 5) is 8.99. The van der Waals surface area contributed by atoms with Crippen LogP contribution in [0.15, 0.2) is 60.9 Å². The molecule has 31 heavy (non-hydrogen) atoms. The number of aryl methyl sites for hydroxylation is 2. The molecule has 0 amide bonds. The zero-order valence-corrected chi connectivity index (χ0v) is 19.0. The van der Waals surface area contributed by atoms with Crippen LogP contribution < -0.4 is 0 Å². The van der Waals surface area contributed by atoms with Gasteiger partial charge in [0, 0.05) is 30.8 Å². The van der Waals surface area contributed by atoms with E-state index in [0.29, 0.717) is 6.42 Å². The quantitative estimate of drug-likeness (QED) is 0.280. The molecule has 0 spiro atoms. The Hall–Kier alpha value is -2.55. The number of unbranched alkanes of at least 4 members (excludes halogenated alkanes) is 4. The first-order chi connectivity index (χ1) is 15.2. The lowest BCUT2D eigenvalue weighted by molar-refractivity contribution is 0.342. The van der Waals surface area contributed by atoms with Gasteiger partial charge in [-0.2, -0.15) is 0 Å². The van der Waals surface area contributed by atoms with Crippen LogP contribution in [0.5, 0.6) is 0 Å². The van der Waals surface area contributed by atoms with Gasteiger partial charge < -0.3 is 0 Å². The monoisotopic (exact) mass is 418 g/mol. The summed E-state index contributed by atoms with van der Waals surface area (Å²) in [6.07, 6.45) is 12.4. The molecule has 3 heteroatoms. The lowest BCUT2D eigenvalue weighted by atomic mass is 9.98. The number of halogens is 1. The summed E-state index contributed by atoms with van der Waals surface area (Å²) in [5.41, 5.74) is 5.13. The van der Waals surface area contributed by atoms with E-state index in [2.05, 4.69) is 35.9 Å². The van der Waals surface area contributed by atoms with E-state index >= 15 is 0 Å². The Morgan fingerprint density at radius 1 is 0.677 bits per heavy atom. The maximum Gasteiger partial charge on any atom is 0.129 e. The molecule has 2 aromatic carbocycles. The molecule has 1 unspecified atom stereocenters. The Morgan fingerprint density at radius 2 is 1.26 bits per heavy atom. The van der Waals surface area contributed by atoms with Crippen LogP contribution >= 0.6 is 0 Å². The Bertz CT molecular complexity index is 886. The van der Waals surface area contributed by atoms with E-state index in [1.54, 1.807) is 0 Å². The first kappa shape index (κ1) is 23.1. The SMILES string of the molecule is CCCCCc1ccc(C(F)Cc2ccc(-c3cnc(CCCCC)nc3)cc2)cc1. The average molecular weight is 419 g/mol. The molecule has 0 N–H and O–H groups in total. The van der Waals surface area contributed by atoms with E-state index in [9.17, 15) is 4.39 Å². The van der Waals surface area contributed by atoms with Gasteiger partial charge in [0.25, 0.3) is 0 Å². The third-order valence-electron chi connectivity index (χ3n) is 5.82. The molecule has 3 aromatic rings. The number of nitrogens with zero attached hydrogens (tertiary/aromatic N) is 2. The van der Waals surface area contributed by atoms with Crippen molar-refractivity contribution in [3.05, 3.63) is 83.4 Å². The van der Waals surface area contributed by atoms with Crippen molar-refractivity contribution in [1.82, 2.24) is 9.97 Å². The molecule has 2 nitrogen and oxygen atoms in total. The minimum absolute atomic E-state index is 0.391. The van der Waals surface area contributed by atoms with Crippen LogP contribution in [0.3, 0.4) is 0 Å². The highest BCUT2D eigenvalue weighted by molar-refractivity contribution is 5.61. The van der Waals surface area contributed by atoms with E-state index in [4.69, 9.17) is 0 Å². The molecule has 1 atom stereocenters. The van der Waals surface area contributed by atoms with E-state index in [1.165, 1.54) is 37.7 Å². The van der Waals surface area contributed by atoms with Gasteiger partial charge in [0.15, 0.2) is 0 Å². The van der Waals surface area contributed by atoms with Crippen molar-refractivity contribution in [2.75, 3.05) is 0 Å². The van der Waals surface area contributed by atoms with Crippen molar-refractivity contribution in [2.24, 2.45) is 0 Å². The number of aromatic nitrogens is 2. The standard InChI is InChI=1S/C28H35FN2/c1-3-5-7-9-22-11-17-25(18-12-22)27(29)19-23-13-15-24(16-14-23)26-20-30-28(31-21-26)10-8-6-4-2/h11-18,20-21,27H,3-10,19H2,1-2H3. The maximum atomic E-state index is 14.8. The molecule has 1 aromatic heterocycles. The van der Waals surface area contributed by atoms with E-state index < -0.39 is 6.17 Å². The summed E-state index contributed by atoms with van der Waals surface area (Å²) in [6, 6.07) is 16.1. The van der Waals surface area contributed by atoms with Gasteiger partial charge in [-0.15, -0.1) is 0 Å². The summed E-state index contributed by atoms with van der Waals surface area (Å²) in [7, 11) is 0. The summed E-state index contributed by atoms with van der Waals surface area (Å²) >= 11 is 0. The molecular formula is C28H35FN2. The lowest BCUT2D eigenvalue weighted by Gasteiger charge is -2.11. The van der Waals surface area contributed by atoms with E-state index in [0.717, 1.165) is 47.3 Å². The van der Waals surface area contributed by atoms with Gasteiger partial charge in [-0.3, -0.25) is 0 Å². The smallest absolute Gasteiger partial charge is 0.129 e. The van der Waals surface area contributed by atoms with Gasteiger partial charge in [-0.05, 0) is 41.5 Å². The van der Waals surface area contributed by atoms with Gasteiger partial charge in [0.05, 0.1) is 0 Å². The minimum Gasteiger partial charge on any atom is -0.242 e. The molecule has 1 heterocycles. The molecule has 164 valence electrons. The van der Waals surface area contributed by atoms with Gasteiger partial charge in [0.2, 0.25) is 0 Å². The summed E-state index contributed by atoms with van der Waals surface area (Å²) in [6.45, 7) is 4.41. The highest BCUT2D eigenvalue weighted by Gasteiger charge is 2.11. The maximum absolute atomic E-state index is 14.8. The number of hydrogen-bond acceptors (Lipinski definition) is 2. The number of alkyl halides is 1. The zero-order chi connectivity index (χ0) is 21.9. The van der Waals surface area contributed by atoms with Crippen LogP contribution in [0.4, 0.5) is 4.39 Å². The second-order valence-corrected chi connectivity index (χ2v) is 8.41. The second kappa shape index (κ2) is 12.3. The molecule has 0 fully saturated rings. The number of hydrogen-bond donors (Lipinski definition) is 0. The largest absolute Gasteiger partial charge is 0.242 e.